The van der Waals surface area contributed by atoms with E-state index in [1.54, 1.807) is 0 Å². The average Bonchev–Trinajstić information content (AvgIpc) is 2.43. The number of hydrogen-bond donors (Lipinski definition) is 2. The summed E-state index contributed by atoms with van der Waals surface area (Å²) >= 11 is 0. The Morgan fingerprint density at radius 1 is 1.45 bits per heavy atom. The molecule has 0 aromatic heterocycles. The van der Waals surface area contributed by atoms with Crippen LogP contribution in [0.25, 0.3) is 0 Å². The van der Waals surface area contributed by atoms with E-state index in [2.05, 4.69) is 24.1 Å². The van der Waals surface area contributed by atoms with Gasteiger partial charge in [0.1, 0.15) is 11.6 Å². The van der Waals surface area contributed by atoms with E-state index in [1.807, 2.05) is 0 Å². The Labute approximate surface area is 120 Å². The third kappa shape index (κ3) is 4.18. The number of phenolic OH excluding ortho intramolecular Hbond substituents is 1. The SMILES string of the molecule is CC(C)N(Cc1cc(F)ccc1O)CC1CCCNC1. The second kappa shape index (κ2) is 7.04. The van der Waals surface area contributed by atoms with Crippen LogP contribution in [0.2, 0.25) is 0 Å². The lowest BCUT2D eigenvalue weighted by atomic mass is 9.98. The fraction of sp³-hybridized carbons (Fsp3) is 0.625. The maximum atomic E-state index is 13.3. The van der Waals surface area contributed by atoms with Crippen molar-refractivity contribution in [1.82, 2.24) is 10.2 Å². The van der Waals surface area contributed by atoms with Gasteiger partial charge in [-0.2, -0.15) is 0 Å². The summed E-state index contributed by atoms with van der Waals surface area (Å²) in [5, 5.41) is 13.3. The van der Waals surface area contributed by atoms with Crippen molar-refractivity contribution >= 4 is 0 Å². The van der Waals surface area contributed by atoms with Gasteiger partial charge in [-0.1, -0.05) is 0 Å². The molecule has 1 saturated heterocycles. The van der Waals surface area contributed by atoms with E-state index in [0.717, 1.165) is 19.6 Å². The van der Waals surface area contributed by atoms with Crippen molar-refractivity contribution in [2.45, 2.75) is 39.3 Å². The molecular weight excluding hydrogens is 255 g/mol. The van der Waals surface area contributed by atoms with Crippen molar-refractivity contribution in [1.29, 1.82) is 0 Å². The van der Waals surface area contributed by atoms with Gasteiger partial charge in [0.25, 0.3) is 0 Å². The Hall–Kier alpha value is -1.13. The highest BCUT2D eigenvalue weighted by Crippen LogP contribution is 2.22. The molecule has 1 aromatic rings. The second-order valence-corrected chi connectivity index (χ2v) is 6.01. The summed E-state index contributed by atoms with van der Waals surface area (Å²) in [6.45, 7) is 8.04. The van der Waals surface area contributed by atoms with Crippen LogP contribution in [0.15, 0.2) is 18.2 Å². The van der Waals surface area contributed by atoms with Crippen molar-refractivity contribution in [3.8, 4) is 5.75 Å². The molecule has 1 aliphatic rings. The van der Waals surface area contributed by atoms with Crippen molar-refractivity contribution in [3.63, 3.8) is 0 Å². The minimum absolute atomic E-state index is 0.179. The molecule has 1 fully saturated rings. The molecule has 3 nitrogen and oxygen atoms in total. The van der Waals surface area contributed by atoms with E-state index in [1.165, 1.54) is 31.0 Å². The molecule has 4 heteroatoms. The topological polar surface area (TPSA) is 35.5 Å². The van der Waals surface area contributed by atoms with E-state index in [0.29, 0.717) is 24.1 Å². The zero-order chi connectivity index (χ0) is 14.5. The van der Waals surface area contributed by atoms with E-state index >= 15 is 0 Å². The van der Waals surface area contributed by atoms with E-state index in [9.17, 15) is 9.50 Å². The Morgan fingerprint density at radius 3 is 2.90 bits per heavy atom. The average molecular weight is 280 g/mol. The molecule has 0 saturated carbocycles. The van der Waals surface area contributed by atoms with Crippen molar-refractivity contribution in [3.05, 3.63) is 29.6 Å². The lowest BCUT2D eigenvalue weighted by Crippen LogP contribution is -2.40. The van der Waals surface area contributed by atoms with Gasteiger partial charge in [-0.3, -0.25) is 4.90 Å². The molecule has 112 valence electrons. The van der Waals surface area contributed by atoms with E-state index in [4.69, 9.17) is 0 Å². The second-order valence-electron chi connectivity index (χ2n) is 6.01. The molecule has 1 atom stereocenters. The smallest absolute Gasteiger partial charge is 0.123 e. The molecule has 1 unspecified atom stereocenters. The number of piperidine rings is 1. The summed E-state index contributed by atoms with van der Waals surface area (Å²) < 4.78 is 13.3. The van der Waals surface area contributed by atoms with Crippen molar-refractivity contribution in [2.24, 2.45) is 5.92 Å². The molecular formula is C16H25FN2O. The number of nitrogens with one attached hydrogen (secondary N) is 1. The van der Waals surface area contributed by atoms with Gasteiger partial charge in [-0.15, -0.1) is 0 Å². The predicted molar refractivity (Wildman–Crippen MR) is 79.2 cm³/mol. The fourth-order valence-corrected chi connectivity index (χ4v) is 2.77. The van der Waals surface area contributed by atoms with Crippen LogP contribution in [-0.2, 0) is 6.54 Å². The van der Waals surface area contributed by atoms with Crippen LogP contribution in [0.5, 0.6) is 5.75 Å². The monoisotopic (exact) mass is 280 g/mol. The van der Waals surface area contributed by atoms with Crippen LogP contribution in [-0.4, -0.2) is 35.7 Å². The molecule has 1 aromatic carbocycles. The zero-order valence-electron chi connectivity index (χ0n) is 12.4. The van der Waals surface area contributed by atoms with Gasteiger partial charge < -0.3 is 10.4 Å². The highest BCUT2D eigenvalue weighted by molar-refractivity contribution is 5.32. The molecule has 0 aliphatic carbocycles. The molecule has 2 rings (SSSR count). The summed E-state index contributed by atoms with van der Waals surface area (Å²) in [7, 11) is 0. The fourth-order valence-electron chi connectivity index (χ4n) is 2.77. The van der Waals surface area contributed by atoms with Gasteiger partial charge in [0, 0.05) is 24.7 Å². The van der Waals surface area contributed by atoms with Crippen molar-refractivity contribution in [2.75, 3.05) is 19.6 Å². The first-order chi connectivity index (χ1) is 9.56. The van der Waals surface area contributed by atoms with Crippen LogP contribution in [0.1, 0.15) is 32.3 Å². The number of halogens is 1. The summed E-state index contributed by atoms with van der Waals surface area (Å²) in [5.74, 6) is 0.529. The Morgan fingerprint density at radius 2 is 2.25 bits per heavy atom. The largest absolute Gasteiger partial charge is 0.508 e. The van der Waals surface area contributed by atoms with Crippen LogP contribution in [0, 0.1) is 11.7 Å². The number of benzene rings is 1. The van der Waals surface area contributed by atoms with Gasteiger partial charge in [0.05, 0.1) is 0 Å². The lowest BCUT2D eigenvalue weighted by Gasteiger charge is -2.33. The summed E-state index contributed by atoms with van der Waals surface area (Å²) in [4.78, 5) is 2.31. The first kappa shape index (κ1) is 15.3. The Balaban J connectivity index is 2.02. The molecule has 20 heavy (non-hydrogen) atoms. The standard InChI is InChI=1S/C16H25FN2O/c1-12(2)19(10-13-4-3-7-18-9-13)11-14-8-15(17)5-6-16(14)20/h5-6,8,12-13,18,20H,3-4,7,9-11H2,1-2H3. The predicted octanol–water partition coefficient (Wildman–Crippen LogP) is 2.74. The number of hydrogen-bond acceptors (Lipinski definition) is 3. The van der Waals surface area contributed by atoms with Gasteiger partial charge >= 0.3 is 0 Å². The molecule has 0 spiro atoms. The molecule has 1 heterocycles. The highest BCUT2D eigenvalue weighted by Gasteiger charge is 2.20. The number of aromatic hydroxyl groups is 1. The summed E-state index contributed by atoms with van der Waals surface area (Å²) in [6.07, 6.45) is 2.47. The van der Waals surface area contributed by atoms with Gasteiger partial charge in [-0.25, -0.2) is 4.39 Å². The first-order valence-electron chi connectivity index (χ1n) is 7.48. The minimum Gasteiger partial charge on any atom is -0.508 e. The number of rotatable bonds is 5. The van der Waals surface area contributed by atoms with Gasteiger partial charge in [-0.05, 0) is 63.9 Å². The Bertz CT molecular complexity index is 430. The maximum absolute atomic E-state index is 13.3. The number of phenols is 1. The van der Waals surface area contributed by atoms with Crippen LogP contribution < -0.4 is 5.32 Å². The molecule has 0 bridgehead atoms. The van der Waals surface area contributed by atoms with E-state index in [-0.39, 0.29) is 11.6 Å². The molecule has 2 N–H and O–H groups in total. The molecule has 1 aliphatic heterocycles. The van der Waals surface area contributed by atoms with Crippen LogP contribution in [0.3, 0.4) is 0 Å². The molecule has 0 amide bonds. The summed E-state index contributed by atoms with van der Waals surface area (Å²) in [5.41, 5.74) is 0.669. The highest BCUT2D eigenvalue weighted by atomic mass is 19.1. The molecule has 0 radical (unpaired) electrons. The maximum Gasteiger partial charge on any atom is 0.123 e. The minimum atomic E-state index is -0.291. The van der Waals surface area contributed by atoms with Crippen LogP contribution in [0.4, 0.5) is 4.39 Å². The zero-order valence-corrected chi connectivity index (χ0v) is 12.4. The quantitative estimate of drug-likeness (QED) is 0.870. The van der Waals surface area contributed by atoms with Gasteiger partial charge in [0.2, 0.25) is 0 Å². The normalized spacial score (nSPS) is 19.8. The van der Waals surface area contributed by atoms with Crippen molar-refractivity contribution < 1.29 is 9.50 Å². The van der Waals surface area contributed by atoms with E-state index < -0.39 is 0 Å². The first-order valence-corrected chi connectivity index (χ1v) is 7.48. The Kier molecular flexibility index (Phi) is 5.38. The summed E-state index contributed by atoms with van der Waals surface area (Å²) in [6, 6.07) is 4.54. The number of nitrogens with zero attached hydrogens (tertiary/aromatic N) is 1. The third-order valence-electron chi connectivity index (χ3n) is 4.04. The van der Waals surface area contributed by atoms with Gasteiger partial charge in [0.15, 0.2) is 0 Å². The van der Waals surface area contributed by atoms with Crippen LogP contribution >= 0.6 is 0 Å². The lowest BCUT2D eigenvalue weighted by molar-refractivity contribution is 0.162. The third-order valence-corrected chi connectivity index (χ3v) is 4.04.